The molecule has 0 aliphatic heterocycles. The first-order valence-electron chi connectivity index (χ1n) is 7.75. The van der Waals surface area contributed by atoms with Crippen LogP contribution in [0.15, 0.2) is 48.5 Å². The predicted octanol–water partition coefficient (Wildman–Crippen LogP) is 2.90. The summed E-state index contributed by atoms with van der Waals surface area (Å²) in [6, 6.07) is 13.7. The molecule has 0 saturated heterocycles. The molecular weight excluding hydrogens is 306 g/mol. The molecule has 0 atom stereocenters. The van der Waals surface area contributed by atoms with E-state index in [1.165, 1.54) is 5.56 Å². The zero-order valence-corrected chi connectivity index (χ0v) is 13.5. The standard InChI is InChI=1S/C18H21N3O3/c1-2-3-13-4-10-16(11-5-13)24-12-20-18(23)21-15-8-6-14(7-9-15)17(19)22/h4-11H,2-3,12H2,1H3,(H2,19,22)(H2,20,21,23). The summed E-state index contributed by atoms with van der Waals surface area (Å²) < 4.78 is 5.46. The van der Waals surface area contributed by atoms with Crippen molar-refractivity contribution >= 4 is 17.6 Å². The summed E-state index contributed by atoms with van der Waals surface area (Å²) in [5.41, 5.74) is 7.36. The van der Waals surface area contributed by atoms with Gasteiger partial charge in [0.1, 0.15) is 5.75 Å². The van der Waals surface area contributed by atoms with Gasteiger partial charge in [0.15, 0.2) is 6.73 Å². The van der Waals surface area contributed by atoms with Crippen molar-refractivity contribution in [3.8, 4) is 5.75 Å². The van der Waals surface area contributed by atoms with Crippen LogP contribution in [0.5, 0.6) is 5.75 Å². The number of ether oxygens (including phenoxy) is 1. The highest BCUT2D eigenvalue weighted by atomic mass is 16.5. The van der Waals surface area contributed by atoms with Gasteiger partial charge in [-0.05, 0) is 48.4 Å². The van der Waals surface area contributed by atoms with Crippen LogP contribution in [0.3, 0.4) is 0 Å². The molecule has 0 bridgehead atoms. The fraction of sp³-hybridized carbons (Fsp3) is 0.222. The average molecular weight is 327 g/mol. The summed E-state index contributed by atoms with van der Waals surface area (Å²) in [6.45, 7) is 2.19. The highest BCUT2D eigenvalue weighted by Crippen LogP contribution is 2.13. The minimum absolute atomic E-state index is 0.0539. The van der Waals surface area contributed by atoms with Crippen LogP contribution in [0.4, 0.5) is 10.5 Å². The van der Waals surface area contributed by atoms with Crippen LogP contribution in [-0.2, 0) is 6.42 Å². The molecular formula is C18H21N3O3. The van der Waals surface area contributed by atoms with Gasteiger partial charge in [0.05, 0.1) is 0 Å². The van der Waals surface area contributed by atoms with E-state index in [4.69, 9.17) is 10.5 Å². The lowest BCUT2D eigenvalue weighted by molar-refractivity contribution is 0.100. The summed E-state index contributed by atoms with van der Waals surface area (Å²) in [4.78, 5) is 22.7. The molecule has 0 fully saturated rings. The van der Waals surface area contributed by atoms with Crippen molar-refractivity contribution in [2.45, 2.75) is 19.8 Å². The second-order valence-electron chi connectivity index (χ2n) is 5.26. The second-order valence-corrected chi connectivity index (χ2v) is 5.26. The Morgan fingerprint density at radius 3 is 2.29 bits per heavy atom. The van der Waals surface area contributed by atoms with Crippen LogP contribution in [0.25, 0.3) is 0 Å². The molecule has 2 rings (SSSR count). The van der Waals surface area contributed by atoms with Gasteiger partial charge in [0, 0.05) is 11.3 Å². The Labute approximate surface area is 141 Å². The molecule has 3 amide bonds. The SMILES string of the molecule is CCCc1ccc(OCNC(=O)Nc2ccc(C(N)=O)cc2)cc1. The van der Waals surface area contributed by atoms with E-state index in [9.17, 15) is 9.59 Å². The third kappa shape index (κ3) is 5.31. The van der Waals surface area contributed by atoms with Gasteiger partial charge in [0.25, 0.3) is 0 Å². The Morgan fingerprint density at radius 2 is 1.71 bits per heavy atom. The summed E-state index contributed by atoms with van der Waals surface area (Å²) in [7, 11) is 0. The fourth-order valence-corrected chi connectivity index (χ4v) is 2.12. The number of benzene rings is 2. The summed E-state index contributed by atoms with van der Waals surface area (Å²) in [5, 5.41) is 5.23. The van der Waals surface area contributed by atoms with Crippen LogP contribution < -0.4 is 21.1 Å². The lowest BCUT2D eigenvalue weighted by atomic mass is 10.1. The van der Waals surface area contributed by atoms with Crippen molar-refractivity contribution in [2.75, 3.05) is 12.0 Å². The van der Waals surface area contributed by atoms with Crippen LogP contribution in [0.1, 0.15) is 29.3 Å². The van der Waals surface area contributed by atoms with Crippen molar-refractivity contribution in [2.24, 2.45) is 5.73 Å². The highest BCUT2D eigenvalue weighted by molar-refractivity contribution is 5.94. The molecule has 0 radical (unpaired) electrons. The topological polar surface area (TPSA) is 93.4 Å². The minimum Gasteiger partial charge on any atom is -0.473 e. The first-order valence-corrected chi connectivity index (χ1v) is 7.75. The second kappa shape index (κ2) is 8.57. The summed E-state index contributed by atoms with van der Waals surface area (Å²) >= 11 is 0. The van der Waals surface area contributed by atoms with Gasteiger partial charge in [-0.2, -0.15) is 0 Å². The Morgan fingerprint density at radius 1 is 1.04 bits per heavy atom. The number of amides is 3. The van der Waals surface area contributed by atoms with E-state index in [2.05, 4.69) is 17.6 Å². The fourth-order valence-electron chi connectivity index (χ4n) is 2.12. The zero-order valence-electron chi connectivity index (χ0n) is 13.5. The highest BCUT2D eigenvalue weighted by Gasteiger charge is 2.03. The van der Waals surface area contributed by atoms with Gasteiger partial charge in [-0.15, -0.1) is 0 Å². The van der Waals surface area contributed by atoms with E-state index in [0.717, 1.165) is 12.8 Å². The van der Waals surface area contributed by atoms with Crippen molar-refractivity contribution in [1.29, 1.82) is 0 Å². The third-order valence-corrected chi connectivity index (χ3v) is 3.36. The van der Waals surface area contributed by atoms with E-state index < -0.39 is 11.9 Å². The van der Waals surface area contributed by atoms with E-state index in [1.54, 1.807) is 24.3 Å². The molecule has 6 nitrogen and oxygen atoms in total. The lowest BCUT2D eigenvalue weighted by Crippen LogP contribution is -2.32. The number of primary amides is 1. The Hall–Kier alpha value is -3.02. The molecule has 0 unspecified atom stereocenters. The molecule has 2 aromatic rings. The number of rotatable bonds is 7. The number of nitrogens with one attached hydrogen (secondary N) is 2. The number of carbonyl (C=O) groups is 2. The molecule has 0 spiro atoms. The van der Waals surface area contributed by atoms with Gasteiger partial charge in [-0.1, -0.05) is 25.5 Å². The molecule has 6 heteroatoms. The number of carbonyl (C=O) groups excluding carboxylic acids is 2. The molecule has 0 aliphatic carbocycles. The van der Waals surface area contributed by atoms with Gasteiger partial charge in [0.2, 0.25) is 5.91 Å². The number of urea groups is 1. The predicted molar refractivity (Wildman–Crippen MR) is 93.0 cm³/mol. The van der Waals surface area contributed by atoms with Crippen LogP contribution in [-0.4, -0.2) is 18.7 Å². The largest absolute Gasteiger partial charge is 0.473 e. The van der Waals surface area contributed by atoms with E-state index in [-0.39, 0.29) is 6.73 Å². The summed E-state index contributed by atoms with van der Waals surface area (Å²) in [5.74, 6) is 0.185. The number of aryl methyl sites for hydroxylation is 1. The maximum absolute atomic E-state index is 11.8. The molecule has 2 aromatic carbocycles. The van der Waals surface area contributed by atoms with Gasteiger partial charge < -0.3 is 21.1 Å². The van der Waals surface area contributed by atoms with Crippen molar-refractivity contribution in [1.82, 2.24) is 5.32 Å². The zero-order chi connectivity index (χ0) is 17.4. The van der Waals surface area contributed by atoms with E-state index in [0.29, 0.717) is 17.0 Å². The van der Waals surface area contributed by atoms with Crippen molar-refractivity contribution < 1.29 is 14.3 Å². The molecule has 0 aromatic heterocycles. The summed E-state index contributed by atoms with van der Waals surface area (Å²) in [6.07, 6.45) is 2.14. The van der Waals surface area contributed by atoms with Gasteiger partial charge in [-0.3, -0.25) is 4.79 Å². The van der Waals surface area contributed by atoms with Crippen molar-refractivity contribution in [3.05, 3.63) is 59.7 Å². The third-order valence-electron chi connectivity index (χ3n) is 3.36. The number of nitrogens with two attached hydrogens (primary N) is 1. The molecule has 126 valence electrons. The smallest absolute Gasteiger partial charge is 0.321 e. The first kappa shape index (κ1) is 17.3. The van der Waals surface area contributed by atoms with Crippen LogP contribution >= 0.6 is 0 Å². The molecule has 0 heterocycles. The number of hydrogen-bond donors (Lipinski definition) is 3. The maximum Gasteiger partial charge on any atom is 0.321 e. The van der Waals surface area contributed by atoms with Gasteiger partial charge in [-0.25, -0.2) is 4.79 Å². The molecule has 24 heavy (non-hydrogen) atoms. The van der Waals surface area contributed by atoms with Crippen LogP contribution in [0.2, 0.25) is 0 Å². The molecule has 4 N–H and O–H groups in total. The minimum atomic E-state index is -0.510. The normalized spacial score (nSPS) is 10.0. The Balaban J connectivity index is 1.75. The first-order chi connectivity index (χ1) is 11.6. The van der Waals surface area contributed by atoms with Crippen LogP contribution in [0, 0.1) is 0 Å². The maximum atomic E-state index is 11.8. The number of hydrogen-bond acceptors (Lipinski definition) is 3. The van der Waals surface area contributed by atoms with E-state index >= 15 is 0 Å². The Kier molecular flexibility index (Phi) is 6.19. The van der Waals surface area contributed by atoms with Gasteiger partial charge >= 0.3 is 6.03 Å². The molecule has 0 saturated carbocycles. The monoisotopic (exact) mass is 327 g/mol. The molecule has 0 aliphatic rings. The van der Waals surface area contributed by atoms with E-state index in [1.807, 2.05) is 24.3 Å². The lowest BCUT2D eigenvalue weighted by Gasteiger charge is -2.10. The van der Waals surface area contributed by atoms with Crippen molar-refractivity contribution in [3.63, 3.8) is 0 Å². The Bertz CT molecular complexity index is 682. The average Bonchev–Trinajstić information content (AvgIpc) is 2.57. The quantitative estimate of drug-likeness (QED) is 0.683. The number of anilines is 1.